The van der Waals surface area contributed by atoms with E-state index in [-0.39, 0.29) is 22.9 Å². The van der Waals surface area contributed by atoms with Gasteiger partial charge >= 0.3 is 6.09 Å². The lowest BCUT2D eigenvalue weighted by molar-refractivity contribution is -0.130. The average molecular weight is 370 g/mol. The first-order chi connectivity index (χ1) is 11.4. The fourth-order valence-corrected chi connectivity index (χ4v) is 3.18. The molecule has 0 fully saturated rings. The van der Waals surface area contributed by atoms with E-state index in [4.69, 9.17) is 23.2 Å². The zero-order valence-electron chi connectivity index (χ0n) is 12.6. The molecule has 2 heterocycles. The third kappa shape index (κ3) is 2.83. The Kier molecular flexibility index (Phi) is 4.42. The third-order valence-corrected chi connectivity index (χ3v) is 4.29. The molecule has 24 heavy (non-hydrogen) atoms. The average Bonchev–Trinajstić information content (AvgIpc) is 3.13. The number of hydrogen-bond acceptors (Lipinski definition) is 5. The van der Waals surface area contributed by atoms with E-state index in [2.05, 4.69) is 15.0 Å². The fraction of sp³-hybridized carbons (Fsp3) is 0.357. The monoisotopic (exact) mass is 369 g/mol. The lowest BCUT2D eigenvalue weighted by Crippen LogP contribution is -2.42. The summed E-state index contributed by atoms with van der Waals surface area (Å²) >= 11 is 11.8. The van der Waals surface area contributed by atoms with Crippen LogP contribution in [0.5, 0.6) is 0 Å². The van der Waals surface area contributed by atoms with E-state index in [0.717, 1.165) is 4.90 Å². The minimum atomic E-state index is -1.26. The van der Waals surface area contributed by atoms with Gasteiger partial charge in [-0.2, -0.15) is 4.98 Å². The fourth-order valence-electron chi connectivity index (χ4n) is 2.76. The van der Waals surface area contributed by atoms with Crippen LogP contribution in [0.2, 0.25) is 10.4 Å². The summed E-state index contributed by atoms with van der Waals surface area (Å²) in [4.78, 5) is 36.3. The maximum Gasteiger partial charge on any atom is 0.414 e. The van der Waals surface area contributed by atoms with Gasteiger partial charge in [0.25, 0.3) is 0 Å². The molecule has 2 amide bonds. The van der Waals surface area contributed by atoms with Crippen molar-refractivity contribution in [3.05, 3.63) is 28.9 Å². The quantitative estimate of drug-likeness (QED) is 0.507. The third-order valence-electron chi connectivity index (χ3n) is 3.86. The summed E-state index contributed by atoms with van der Waals surface area (Å²) in [6.45, 7) is 1.62. The number of imidazole rings is 1. The largest absolute Gasteiger partial charge is 0.465 e. The number of hydrogen-bond donors (Lipinski definition) is 1. The lowest BCUT2D eigenvalue weighted by atomic mass is 10.2. The van der Waals surface area contributed by atoms with Crippen molar-refractivity contribution >= 4 is 46.4 Å². The van der Waals surface area contributed by atoms with Crippen molar-refractivity contribution < 1.29 is 14.7 Å². The molecule has 0 radical (unpaired) electrons. The van der Waals surface area contributed by atoms with Crippen LogP contribution < -0.4 is 0 Å². The molecule has 0 unspecified atom stereocenters. The Balaban J connectivity index is 1.90. The molecule has 1 N–H and O–H groups in total. The molecule has 0 bridgehead atoms. The van der Waals surface area contributed by atoms with E-state index >= 15 is 0 Å². The molecular weight excluding hydrogens is 357 g/mol. The molecule has 1 aliphatic carbocycles. The summed E-state index contributed by atoms with van der Waals surface area (Å²) in [6, 6.07) is -0.751. The van der Waals surface area contributed by atoms with Crippen molar-refractivity contribution in [2.45, 2.75) is 31.8 Å². The van der Waals surface area contributed by atoms with Crippen molar-refractivity contribution in [1.29, 1.82) is 0 Å². The zero-order valence-corrected chi connectivity index (χ0v) is 14.1. The second-order valence-corrected chi connectivity index (χ2v) is 5.96. The minimum Gasteiger partial charge on any atom is -0.465 e. The predicted molar refractivity (Wildman–Crippen MR) is 87.1 cm³/mol. The number of amides is 2. The maximum atomic E-state index is 11.9. The number of carbonyl (C=O) groups is 2. The number of allylic oxidation sites excluding steroid dienone is 1. The molecular formula is C14H13Cl2N5O3. The van der Waals surface area contributed by atoms with Crippen LogP contribution in [0.4, 0.5) is 4.79 Å². The van der Waals surface area contributed by atoms with E-state index < -0.39 is 18.0 Å². The van der Waals surface area contributed by atoms with E-state index in [9.17, 15) is 14.7 Å². The number of carbonyl (C=O) groups excluding carboxylic acids is 1. The second kappa shape index (κ2) is 6.37. The Bertz CT molecular complexity index is 850. The number of carboxylic acid groups (broad SMARTS) is 1. The molecule has 0 aromatic carbocycles. The van der Waals surface area contributed by atoms with Crippen LogP contribution in [0.15, 0.2) is 18.5 Å². The Morgan fingerprint density at radius 1 is 1.38 bits per heavy atom. The maximum absolute atomic E-state index is 11.9. The van der Waals surface area contributed by atoms with Gasteiger partial charge in [0.1, 0.15) is 5.52 Å². The van der Waals surface area contributed by atoms with Crippen LogP contribution in [0.3, 0.4) is 0 Å². The summed E-state index contributed by atoms with van der Waals surface area (Å²) in [7, 11) is 0. The van der Waals surface area contributed by atoms with E-state index in [1.165, 1.54) is 0 Å². The number of nitrogens with zero attached hydrogens (tertiary/aromatic N) is 5. The van der Waals surface area contributed by atoms with Crippen molar-refractivity contribution in [2.24, 2.45) is 0 Å². The molecule has 0 saturated carbocycles. The normalized spacial score (nSPS) is 19.8. The SMILES string of the molecule is CCC(=O)N(C(=O)O)[C@@H]1C=C[C@H](n2cnc3c(Cl)nc(Cl)nc32)C1. The van der Waals surface area contributed by atoms with E-state index in [1.54, 1.807) is 23.9 Å². The summed E-state index contributed by atoms with van der Waals surface area (Å²) < 4.78 is 1.74. The van der Waals surface area contributed by atoms with Crippen LogP contribution >= 0.6 is 23.2 Å². The van der Waals surface area contributed by atoms with Gasteiger partial charge in [-0.3, -0.25) is 4.79 Å². The Labute approximate surface area is 146 Å². The number of aromatic nitrogens is 4. The van der Waals surface area contributed by atoms with Gasteiger partial charge in [0, 0.05) is 6.42 Å². The molecule has 1 aliphatic rings. The topological polar surface area (TPSA) is 101 Å². The second-order valence-electron chi connectivity index (χ2n) is 5.26. The molecule has 126 valence electrons. The summed E-state index contributed by atoms with van der Waals surface area (Å²) in [6.07, 6.45) is 4.31. The predicted octanol–water partition coefficient (Wildman–Crippen LogP) is 2.92. The van der Waals surface area contributed by atoms with E-state index in [0.29, 0.717) is 17.6 Å². The summed E-state index contributed by atoms with van der Waals surface area (Å²) in [5.41, 5.74) is 0.872. The van der Waals surface area contributed by atoms with Gasteiger partial charge < -0.3 is 9.67 Å². The molecule has 2 atom stereocenters. The van der Waals surface area contributed by atoms with Crippen LogP contribution in [0.25, 0.3) is 11.2 Å². The van der Waals surface area contributed by atoms with Gasteiger partial charge in [0.2, 0.25) is 11.2 Å². The Morgan fingerprint density at radius 3 is 2.79 bits per heavy atom. The molecule has 10 heteroatoms. The molecule has 3 rings (SSSR count). The highest BCUT2D eigenvalue weighted by Gasteiger charge is 2.33. The van der Waals surface area contributed by atoms with Gasteiger partial charge in [-0.1, -0.05) is 30.7 Å². The first-order valence-electron chi connectivity index (χ1n) is 7.21. The Hall–Kier alpha value is -2.19. The van der Waals surface area contributed by atoms with Gasteiger partial charge in [-0.15, -0.1) is 0 Å². The number of rotatable bonds is 3. The van der Waals surface area contributed by atoms with Crippen molar-refractivity contribution in [2.75, 3.05) is 0 Å². The Morgan fingerprint density at radius 2 is 2.12 bits per heavy atom. The number of fused-ring (bicyclic) bond motifs is 1. The number of imide groups is 1. The van der Waals surface area contributed by atoms with Crippen LogP contribution in [-0.2, 0) is 4.79 Å². The standard InChI is InChI=1S/C14H13Cl2N5O3/c1-2-9(22)21(14(23)24)8-4-3-7(5-8)20-6-17-10-11(15)18-13(16)19-12(10)20/h3-4,6-8H,2,5H2,1H3,(H,23,24)/t7-,8+/m0/s1. The summed E-state index contributed by atoms with van der Waals surface area (Å²) in [5, 5.41) is 9.44. The molecule has 8 nitrogen and oxygen atoms in total. The number of halogens is 2. The van der Waals surface area contributed by atoms with Gasteiger partial charge in [-0.25, -0.2) is 19.7 Å². The lowest BCUT2D eigenvalue weighted by Gasteiger charge is -2.23. The zero-order chi connectivity index (χ0) is 17.4. The van der Waals surface area contributed by atoms with Gasteiger partial charge in [0.05, 0.1) is 18.4 Å². The first-order valence-corrected chi connectivity index (χ1v) is 7.96. The molecule has 2 aromatic heterocycles. The first kappa shape index (κ1) is 16.7. The van der Waals surface area contributed by atoms with Crippen LogP contribution in [-0.4, -0.2) is 47.6 Å². The van der Waals surface area contributed by atoms with Gasteiger partial charge in [-0.05, 0) is 18.0 Å². The van der Waals surface area contributed by atoms with Gasteiger partial charge in [0.15, 0.2) is 10.8 Å². The molecule has 0 spiro atoms. The van der Waals surface area contributed by atoms with Crippen molar-refractivity contribution in [1.82, 2.24) is 24.4 Å². The molecule has 0 saturated heterocycles. The van der Waals surface area contributed by atoms with Crippen molar-refractivity contribution in [3.8, 4) is 0 Å². The summed E-state index contributed by atoms with van der Waals surface area (Å²) in [5.74, 6) is -0.443. The molecule has 2 aromatic rings. The van der Waals surface area contributed by atoms with E-state index in [1.807, 2.05) is 6.08 Å². The highest BCUT2D eigenvalue weighted by molar-refractivity contribution is 6.35. The molecule has 0 aliphatic heterocycles. The van der Waals surface area contributed by atoms with Crippen LogP contribution in [0.1, 0.15) is 25.8 Å². The van der Waals surface area contributed by atoms with Crippen molar-refractivity contribution in [3.63, 3.8) is 0 Å². The highest BCUT2D eigenvalue weighted by atomic mass is 35.5. The smallest absolute Gasteiger partial charge is 0.414 e. The highest BCUT2D eigenvalue weighted by Crippen LogP contribution is 2.31. The van der Waals surface area contributed by atoms with Crippen LogP contribution in [0, 0.1) is 0 Å². The minimum absolute atomic E-state index is 0.00102.